The number of carbonyl (C=O) groups excluding carboxylic acids is 1. The van der Waals surface area contributed by atoms with Gasteiger partial charge in [0.05, 0.1) is 6.61 Å². The van der Waals surface area contributed by atoms with E-state index in [9.17, 15) is 25.2 Å². The number of allylic oxidation sites excluding steroid dienone is 3. The van der Waals surface area contributed by atoms with Crippen molar-refractivity contribution in [3.63, 3.8) is 0 Å². The van der Waals surface area contributed by atoms with Crippen molar-refractivity contribution in [2.75, 3.05) is 6.61 Å². The molecule has 5 atom stereocenters. The summed E-state index contributed by atoms with van der Waals surface area (Å²) in [5.41, 5.74) is 0.690. The minimum atomic E-state index is -1.57. The summed E-state index contributed by atoms with van der Waals surface area (Å²) in [7, 11) is 0. The number of carbonyl (C=O) groups is 1. The van der Waals surface area contributed by atoms with Crippen molar-refractivity contribution in [3.8, 4) is 5.75 Å². The van der Waals surface area contributed by atoms with Crippen molar-refractivity contribution >= 4 is 11.7 Å². The van der Waals surface area contributed by atoms with E-state index in [-0.39, 0.29) is 11.3 Å². The van der Waals surface area contributed by atoms with Gasteiger partial charge in [-0.1, -0.05) is 24.3 Å². The van der Waals surface area contributed by atoms with Crippen LogP contribution in [0.2, 0.25) is 0 Å². The zero-order valence-electron chi connectivity index (χ0n) is 14.0. The molecule has 0 bridgehead atoms. The molecule has 0 spiro atoms. The van der Waals surface area contributed by atoms with E-state index in [1.165, 1.54) is 6.07 Å². The Kier molecular flexibility index (Phi) is 5.40. The van der Waals surface area contributed by atoms with Crippen LogP contribution >= 0.6 is 0 Å². The topological polar surface area (TPSA) is 126 Å². The molecular formula is C18H20O8. The fourth-order valence-corrected chi connectivity index (χ4v) is 2.85. The van der Waals surface area contributed by atoms with Crippen LogP contribution in [0.25, 0.3) is 5.76 Å². The van der Waals surface area contributed by atoms with Gasteiger partial charge in [-0.2, -0.15) is 0 Å². The Labute approximate surface area is 149 Å². The second kappa shape index (κ2) is 7.56. The van der Waals surface area contributed by atoms with E-state index in [0.29, 0.717) is 11.3 Å². The van der Waals surface area contributed by atoms with Crippen molar-refractivity contribution < 1.29 is 39.4 Å². The zero-order valence-corrected chi connectivity index (χ0v) is 14.0. The van der Waals surface area contributed by atoms with Crippen LogP contribution in [0.4, 0.5) is 0 Å². The van der Waals surface area contributed by atoms with Gasteiger partial charge in [0.25, 0.3) is 0 Å². The molecule has 140 valence electrons. The Morgan fingerprint density at radius 2 is 1.96 bits per heavy atom. The van der Waals surface area contributed by atoms with Gasteiger partial charge in [0.1, 0.15) is 41.5 Å². The number of rotatable bonds is 4. The van der Waals surface area contributed by atoms with Crippen LogP contribution in [-0.2, 0) is 9.47 Å². The molecule has 0 aromatic heterocycles. The lowest BCUT2D eigenvalue weighted by Crippen LogP contribution is -2.60. The molecule has 0 saturated carbocycles. The smallest absolute Gasteiger partial charge is 0.348 e. The monoisotopic (exact) mass is 364 g/mol. The first-order valence-corrected chi connectivity index (χ1v) is 8.13. The molecule has 0 radical (unpaired) electrons. The van der Waals surface area contributed by atoms with E-state index in [0.717, 1.165) is 0 Å². The van der Waals surface area contributed by atoms with Crippen LogP contribution in [0.15, 0.2) is 36.4 Å². The van der Waals surface area contributed by atoms with Crippen LogP contribution in [0, 0.1) is 0 Å². The van der Waals surface area contributed by atoms with Gasteiger partial charge >= 0.3 is 5.97 Å². The standard InChI is InChI=1S/C18H20O8/c1-2-3-6-10-9-5-4-7-11(13(9)17(23)24-10)25-18-16(22)15(21)14(20)12(8-19)26-18/h2-7,12,14-16,18-22H,8H2,1H3/b3-2+,10-6-/t12?,14-,15?,16+,18-/m1/s1. The molecule has 2 aliphatic rings. The lowest BCUT2D eigenvalue weighted by atomic mass is 9.99. The number of aliphatic hydroxyl groups excluding tert-OH is 4. The summed E-state index contributed by atoms with van der Waals surface area (Å²) >= 11 is 0. The maximum absolute atomic E-state index is 12.2. The highest BCUT2D eigenvalue weighted by molar-refractivity contribution is 6.05. The fraction of sp³-hybridized carbons (Fsp3) is 0.389. The van der Waals surface area contributed by atoms with Crippen molar-refractivity contribution in [3.05, 3.63) is 47.6 Å². The summed E-state index contributed by atoms with van der Waals surface area (Å²) < 4.78 is 16.1. The normalized spacial score (nSPS) is 32.7. The molecule has 8 heteroatoms. The summed E-state index contributed by atoms with van der Waals surface area (Å²) in [6, 6.07) is 4.83. The van der Waals surface area contributed by atoms with E-state index in [1.807, 2.05) is 6.92 Å². The van der Waals surface area contributed by atoms with E-state index in [1.54, 1.807) is 30.4 Å². The Morgan fingerprint density at radius 3 is 2.65 bits per heavy atom. The Bertz CT molecular complexity index is 739. The highest BCUT2D eigenvalue weighted by atomic mass is 16.7. The lowest BCUT2D eigenvalue weighted by Gasteiger charge is -2.39. The first-order valence-electron chi connectivity index (χ1n) is 8.13. The van der Waals surface area contributed by atoms with Gasteiger partial charge in [-0.15, -0.1) is 0 Å². The summed E-state index contributed by atoms with van der Waals surface area (Å²) in [5.74, 6) is -0.154. The van der Waals surface area contributed by atoms with Crippen LogP contribution < -0.4 is 4.74 Å². The minimum absolute atomic E-state index is 0.0979. The molecule has 1 saturated heterocycles. The third-order valence-corrected chi connectivity index (χ3v) is 4.23. The number of ether oxygens (including phenoxy) is 3. The average molecular weight is 364 g/mol. The van der Waals surface area contributed by atoms with Crippen LogP contribution in [0.5, 0.6) is 5.75 Å². The van der Waals surface area contributed by atoms with E-state index < -0.39 is 43.3 Å². The summed E-state index contributed by atoms with van der Waals surface area (Å²) in [6.45, 7) is 1.25. The number of fused-ring (bicyclic) bond motifs is 1. The second-order valence-corrected chi connectivity index (χ2v) is 5.94. The van der Waals surface area contributed by atoms with Gasteiger partial charge in [0.2, 0.25) is 6.29 Å². The van der Waals surface area contributed by atoms with Gasteiger partial charge in [0.15, 0.2) is 0 Å². The number of benzene rings is 1. The predicted octanol–water partition coefficient (Wildman–Crippen LogP) is -0.0473. The fourth-order valence-electron chi connectivity index (χ4n) is 2.85. The van der Waals surface area contributed by atoms with Crippen molar-refractivity contribution in [1.82, 2.24) is 0 Å². The van der Waals surface area contributed by atoms with Gasteiger partial charge < -0.3 is 34.6 Å². The van der Waals surface area contributed by atoms with E-state index >= 15 is 0 Å². The van der Waals surface area contributed by atoms with Crippen molar-refractivity contribution in [2.45, 2.75) is 37.6 Å². The molecule has 4 N–H and O–H groups in total. The molecule has 2 unspecified atom stereocenters. The van der Waals surface area contributed by atoms with Crippen LogP contribution in [0.1, 0.15) is 22.8 Å². The summed E-state index contributed by atoms with van der Waals surface area (Å²) in [5, 5.41) is 39.0. The van der Waals surface area contributed by atoms with Crippen molar-refractivity contribution in [1.29, 1.82) is 0 Å². The van der Waals surface area contributed by atoms with Gasteiger partial charge in [-0.05, 0) is 19.1 Å². The Morgan fingerprint density at radius 1 is 1.19 bits per heavy atom. The van der Waals surface area contributed by atoms with Gasteiger partial charge in [-0.3, -0.25) is 0 Å². The number of esters is 1. The van der Waals surface area contributed by atoms with E-state index in [4.69, 9.17) is 14.2 Å². The maximum atomic E-state index is 12.2. The molecule has 2 aliphatic heterocycles. The SMILES string of the molecule is C/C=C/C=C1\OC(=O)c2c(O[C@@H]3OC(CO)[C@@H](O)C(O)[C@@H]3O)cccc21. The van der Waals surface area contributed by atoms with Crippen LogP contribution in [-0.4, -0.2) is 63.7 Å². The first-order chi connectivity index (χ1) is 12.5. The molecule has 26 heavy (non-hydrogen) atoms. The highest BCUT2D eigenvalue weighted by Crippen LogP contribution is 2.37. The average Bonchev–Trinajstić information content (AvgIpc) is 2.97. The minimum Gasteiger partial charge on any atom is -0.461 e. The molecule has 8 nitrogen and oxygen atoms in total. The molecule has 1 aromatic carbocycles. The molecule has 1 aromatic rings. The number of cyclic esters (lactones) is 1. The predicted molar refractivity (Wildman–Crippen MR) is 89.0 cm³/mol. The Hall–Kier alpha value is -2.23. The Balaban J connectivity index is 1.90. The first kappa shape index (κ1) is 18.6. The van der Waals surface area contributed by atoms with Crippen LogP contribution in [0.3, 0.4) is 0 Å². The number of hydrogen-bond acceptors (Lipinski definition) is 8. The molecule has 1 fully saturated rings. The molecule has 3 rings (SSSR count). The van der Waals surface area contributed by atoms with Crippen molar-refractivity contribution in [2.24, 2.45) is 0 Å². The molecule has 2 heterocycles. The number of hydrogen-bond donors (Lipinski definition) is 4. The molecular weight excluding hydrogens is 344 g/mol. The maximum Gasteiger partial charge on any atom is 0.348 e. The summed E-state index contributed by atoms with van der Waals surface area (Å²) in [6.07, 6.45) is -1.96. The molecule has 0 amide bonds. The van der Waals surface area contributed by atoms with Gasteiger partial charge in [0, 0.05) is 5.56 Å². The van der Waals surface area contributed by atoms with Gasteiger partial charge in [-0.25, -0.2) is 4.79 Å². The quantitative estimate of drug-likeness (QED) is 0.548. The lowest BCUT2D eigenvalue weighted by molar-refractivity contribution is -0.277. The van der Waals surface area contributed by atoms with E-state index in [2.05, 4.69) is 0 Å². The highest BCUT2D eigenvalue weighted by Gasteiger charge is 2.45. The largest absolute Gasteiger partial charge is 0.461 e. The third-order valence-electron chi connectivity index (χ3n) is 4.23. The zero-order chi connectivity index (χ0) is 18.8. The summed E-state index contributed by atoms with van der Waals surface area (Å²) in [4.78, 5) is 12.2. The third kappa shape index (κ3) is 3.25. The number of aliphatic hydroxyl groups is 4. The molecule has 0 aliphatic carbocycles. The second-order valence-electron chi connectivity index (χ2n) is 5.94.